The van der Waals surface area contributed by atoms with E-state index in [2.05, 4.69) is 15.5 Å². The first-order valence-electron chi connectivity index (χ1n) is 4.97. The predicted molar refractivity (Wildman–Crippen MR) is 55.5 cm³/mol. The monoisotopic (exact) mass is 254 g/mol. The Hall–Kier alpha value is -2.38. The van der Waals surface area contributed by atoms with Crippen LogP contribution in [0.15, 0.2) is 18.2 Å². The molecule has 0 saturated heterocycles. The molecule has 1 atom stereocenters. The summed E-state index contributed by atoms with van der Waals surface area (Å²) >= 11 is 0. The number of nitrogens with zero attached hydrogens (tertiary/aromatic N) is 4. The number of halogens is 2. The Kier molecular flexibility index (Phi) is 3.00. The number of aromatic nitrogens is 4. The zero-order valence-electron chi connectivity index (χ0n) is 9.21. The fraction of sp³-hybridized carbons (Fsp3) is 0.200. The zero-order chi connectivity index (χ0) is 13.3. The summed E-state index contributed by atoms with van der Waals surface area (Å²) in [5.41, 5.74) is -0.449. The molecule has 1 aromatic heterocycles. The number of benzene rings is 1. The number of carboxylic acid groups (broad SMARTS) is 1. The van der Waals surface area contributed by atoms with Crippen LogP contribution in [-0.4, -0.2) is 31.3 Å². The molecular formula is C10H8F2N4O2. The van der Waals surface area contributed by atoms with Crippen LogP contribution in [-0.2, 0) is 4.79 Å². The van der Waals surface area contributed by atoms with Crippen molar-refractivity contribution >= 4 is 5.97 Å². The summed E-state index contributed by atoms with van der Waals surface area (Å²) < 4.78 is 28.0. The minimum absolute atomic E-state index is 0.263. The van der Waals surface area contributed by atoms with E-state index < -0.39 is 29.2 Å². The van der Waals surface area contributed by atoms with Crippen LogP contribution >= 0.6 is 0 Å². The Morgan fingerprint density at radius 1 is 1.39 bits per heavy atom. The molecule has 0 fully saturated rings. The van der Waals surface area contributed by atoms with E-state index in [1.54, 1.807) is 0 Å². The van der Waals surface area contributed by atoms with Gasteiger partial charge in [-0.25, -0.2) is 18.3 Å². The molecule has 2 aromatic rings. The minimum atomic E-state index is -1.21. The quantitative estimate of drug-likeness (QED) is 0.891. The third-order valence-corrected chi connectivity index (χ3v) is 2.40. The van der Waals surface area contributed by atoms with Crippen molar-refractivity contribution in [3.8, 4) is 11.4 Å². The van der Waals surface area contributed by atoms with Gasteiger partial charge in [0.1, 0.15) is 11.6 Å². The van der Waals surface area contributed by atoms with Crippen molar-refractivity contribution in [1.82, 2.24) is 20.2 Å². The molecule has 1 heterocycles. The molecule has 0 amide bonds. The fourth-order valence-corrected chi connectivity index (χ4v) is 1.44. The Bertz CT molecular complexity index is 579. The Morgan fingerprint density at radius 2 is 2.00 bits per heavy atom. The number of aliphatic carboxylic acids is 1. The molecular weight excluding hydrogens is 246 g/mol. The van der Waals surface area contributed by atoms with Gasteiger partial charge in [-0.05, 0) is 29.5 Å². The van der Waals surface area contributed by atoms with E-state index in [0.717, 1.165) is 16.8 Å². The summed E-state index contributed by atoms with van der Waals surface area (Å²) in [4.78, 5) is 10.8. The maximum atomic E-state index is 13.6. The van der Waals surface area contributed by atoms with Crippen molar-refractivity contribution in [2.75, 3.05) is 0 Å². The first-order chi connectivity index (χ1) is 8.52. The molecule has 0 aliphatic rings. The maximum Gasteiger partial charge on any atom is 0.328 e. The minimum Gasteiger partial charge on any atom is -0.480 e. The Morgan fingerprint density at radius 3 is 2.56 bits per heavy atom. The summed E-state index contributed by atoms with van der Waals surface area (Å²) in [6, 6.07) is 2.16. The lowest BCUT2D eigenvalue weighted by Crippen LogP contribution is -2.18. The van der Waals surface area contributed by atoms with Crippen molar-refractivity contribution in [2.45, 2.75) is 13.0 Å². The van der Waals surface area contributed by atoms with E-state index in [9.17, 15) is 13.6 Å². The lowest BCUT2D eigenvalue weighted by Gasteiger charge is -2.09. The van der Waals surface area contributed by atoms with Crippen LogP contribution in [0.5, 0.6) is 0 Å². The predicted octanol–water partition coefficient (Wildman–Crippen LogP) is 1.26. The van der Waals surface area contributed by atoms with Gasteiger partial charge in [-0.1, -0.05) is 6.07 Å². The summed E-state index contributed by atoms with van der Waals surface area (Å²) in [5.74, 6) is -3.19. The molecule has 0 aliphatic carbocycles. The van der Waals surface area contributed by atoms with Crippen LogP contribution in [0.1, 0.15) is 13.0 Å². The Balaban J connectivity index is 2.59. The summed E-state index contributed by atoms with van der Waals surface area (Å²) in [7, 11) is 0. The lowest BCUT2D eigenvalue weighted by molar-refractivity contribution is -0.140. The molecule has 2 rings (SSSR count). The highest BCUT2D eigenvalue weighted by Crippen LogP contribution is 2.25. The van der Waals surface area contributed by atoms with E-state index >= 15 is 0 Å². The Labute approximate surface area is 99.9 Å². The van der Waals surface area contributed by atoms with Gasteiger partial charge >= 0.3 is 5.97 Å². The first kappa shape index (κ1) is 12.1. The number of carbonyl (C=O) groups is 1. The molecule has 6 nitrogen and oxygen atoms in total. The van der Waals surface area contributed by atoms with E-state index in [1.807, 2.05) is 0 Å². The number of tetrazole rings is 1. The molecule has 1 unspecified atom stereocenters. The first-order valence-corrected chi connectivity index (χ1v) is 4.97. The van der Waals surface area contributed by atoms with Crippen LogP contribution in [0.3, 0.4) is 0 Å². The molecule has 0 spiro atoms. The van der Waals surface area contributed by atoms with E-state index in [-0.39, 0.29) is 5.82 Å². The third kappa shape index (κ3) is 1.92. The van der Waals surface area contributed by atoms with Gasteiger partial charge in [0, 0.05) is 0 Å². The average molecular weight is 254 g/mol. The van der Waals surface area contributed by atoms with Crippen molar-refractivity contribution in [2.24, 2.45) is 0 Å². The molecule has 94 valence electrons. The molecule has 0 bridgehead atoms. The fourth-order valence-electron chi connectivity index (χ4n) is 1.44. The van der Waals surface area contributed by atoms with Crippen LogP contribution in [0.2, 0.25) is 0 Å². The van der Waals surface area contributed by atoms with Crippen LogP contribution in [0.4, 0.5) is 8.78 Å². The topological polar surface area (TPSA) is 80.9 Å². The van der Waals surface area contributed by atoms with Gasteiger partial charge < -0.3 is 5.11 Å². The van der Waals surface area contributed by atoms with Gasteiger partial charge in [0.15, 0.2) is 11.9 Å². The number of carboxylic acids is 1. The second-order valence-electron chi connectivity index (χ2n) is 3.56. The van der Waals surface area contributed by atoms with Crippen LogP contribution in [0.25, 0.3) is 11.4 Å². The largest absolute Gasteiger partial charge is 0.480 e. The smallest absolute Gasteiger partial charge is 0.328 e. The van der Waals surface area contributed by atoms with Gasteiger partial charge in [0.05, 0.1) is 5.56 Å². The van der Waals surface area contributed by atoms with E-state index in [4.69, 9.17) is 5.11 Å². The van der Waals surface area contributed by atoms with E-state index in [1.165, 1.54) is 13.0 Å². The molecule has 1 aromatic carbocycles. The molecule has 1 N–H and O–H groups in total. The number of rotatable bonds is 3. The second-order valence-corrected chi connectivity index (χ2v) is 3.56. The van der Waals surface area contributed by atoms with Gasteiger partial charge in [-0.2, -0.15) is 0 Å². The summed E-state index contributed by atoms with van der Waals surface area (Å²) in [6.45, 7) is 1.31. The SMILES string of the molecule is CC(C(=O)O)n1nnnc1-c1c(F)cccc1F. The molecule has 0 radical (unpaired) electrons. The van der Waals surface area contributed by atoms with Gasteiger partial charge in [0.25, 0.3) is 0 Å². The normalized spacial score (nSPS) is 12.4. The number of hydrogen-bond donors (Lipinski definition) is 1. The third-order valence-electron chi connectivity index (χ3n) is 2.40. The van der Waals surface area contributed by atoms with E-state index in [0.29, 0.717) is 0 Å². The average Bonchev–Trinajstić information content (AvgIpc) is 2.76. The van der Waals surface area contributed by atoms with Gasteiger partial charge in [-0.3, -0.25) is 0 Å². The summed E-state index contributed by atoms with van der Waals surface area (Å²) in [6.07, 6.45) is 0. The molecule has 0 aliphatic heterocycles. The van der Waals surface area contributed by atoms with Crippen molar-refractivity contribution < 1.29 is 18.7 Å². The van der Waals surface area contributed by atoms with Gasteiger partial charge in [0.2, 0.25) is 0 Å². The van der Waals surface area contributed by atoms with Crippen LogP contribution < -0.4 is 0 Å². The summed E-state index contributed by atoms with van der Waals surface area (Å²) in [5, 5.41) is 19.0. The van der Waals surface area contributed by atoms with Crippen molar-refractivity contribution in [3.63, 3.8) is 0 Å². The standard InChI is InChI=1S/C10H8F2N4O2/c1-5(10(17)18)16-9(13-14-15-16)8-6(11)3-2-4-7(8)12/h2-5H,1H3,(H,17,18). The second kappa shape index (κ2) is 4.47. The van der Waals surface area contributed by atoms with Gasteiger partial charge in [-0.15, -0.1) is 5.10 Å². The van der Waals surface area contributed by atoms with Crippen LogP contribution in [0, 0.1) is 11.6 Å². The molecule has 8 heteroatoms. The number of hydrogen-bond acceptors (Lipinski definition) is 4. The van der Waals surface area contributed by atoms with Crippen molar-refractivity contribution in [3.05, 3.63) is 29.8 Å². The highest BCUT2D eigenvalue weighted by atomic mass is 19.1. The molecule has 18 heavy (non-hydrogen) atoms. The highest BCUT2D eigenvalue weighted by Gasteiger charge is 2.24. The lowest BCUT2D eigenvalue weighted by atomic mass is 10.2. The zero-order valence-corrected chi connectivity index (χ0v) is 9.21. The van der Waals surface area contributed by atoms with Crippen molar-refractivity contribution in [1.29, 1.82) is 0 Å². The molecule has 0 saturated carbocycles. The highest BCUT2D eigenvalue weighted by molar-refractivity contribution is 5.72. The maximum absolute atomic E-state index is 13.6.